The molecule has 2 rings (SSSR count). The lowest BCUT2D eigenvalue weighted by Gasteiger charge is -2.02. The van der Waals surface area contributed by atoms with E-state index in [1.807, 2.05) is 0 Å². The van der Waals surface area contributed by atoms with Crippen molar-refractivity contribution < 1.29 is 0 Å². The molecule has 1 heteroatoms. The molecule has 0 heterocycles. The molecule has 8 heavy (non-hydrogen) atoms. The van der Waals surface area contributed by atoms with Crippen LogP contribution in [-0.2, 0) is 0 Å². The minimum atomic E-state index is 0.529. The van der Waals surface area contributed by atoms with Crippen molar-refractivity contribution in [1.29, 1.82) is 0 Å². The monoisotopic (exact) mass is 128 g/mol. The van der Waals surface area contributed by atoms with Crippen molar-refractivity contribution in [3.63, 3.8) is 0 Å². The summed E-state index contributed by atoms with van der Waals surface area (Å²) < 4.78 is 0.529. The van der Waals surface area contributed by atoms with Gasteiger partial charge in [0.15, 0.2) is 0 Å². The minimum Gasteiger partial charge on any atom is -0.172 e. The molecular weight excluding hydrogens is 116 g/mol. The van der Waals surface area contributed by atoms with Gasteiger partial charge in [-0.3, -0.25) is 0 Å². The van der Waals surface area contributed by atoms with Gasteiger partial charge < -0.3 is 0 Å². The molecule has 0 atom stereocenters. The first-order valence-corrected chi connectivity index (χ1v) is 3.96. The van der Waals surface area contributed by atoms with Crippen LogP contribution in [0.25, 0.3) is 0 Å². The Morgan fingerprint density at radius 2 is 2.00 bits per heavy atom. The van der Waals surface area contributed by atoms with Crippen molar-refractivity contribution in [3.05, 3.63) is 0 Å². The summed E-state index contributed by atoms with van der Waals surface area (Å²) in [6.45, 7) is 0. The fourth-order valence-electron chi connectivity index (χ4n) is 1.21. The van der Waals surface area contributed by atoms with E-state index < -0.39 is 0 Å². The first-order chi connectivity index (χ1) is 3.79. The van der Waals surface area contributed by atoms with Crippen LogP contribution in [0.5, 0.6) is 0 Å². The zero-order valence-corrected chi connectivity index (χ0v) is 5.95. The first kappa shape index (κ1) is 5.16. The van der Waals surface area contributed by atoms with Crippen LogP contribution in [0.15, 0.2) is 0 Å². The molecule has 2 fully saturated rings. The van der Waals surface area contributed by atoms with E-state index in [1.165, 1.54) is 32.1 Å². The van der Waals surface area contributed by atoms with Gasteiger partial charge in [-0.1, -0.05) is 12.8 Å². The van der Waals surface area contributed by atoms with Crippen molar-refractivity contribution in [1.82, 2.24) is 0 Å². The molecule has 0 unspecified atom stereocenters. The summed E-state index contributed by atoms with van der Waals surface area (Å²) in [5, 5.41) is 0. The lowest BCUT2D eigenvalue weighted by atomic mass is 10.2. The molecule has 0 amide bonds. The summed E-state index contributed by atoms with van der Waals surface area (Å²) in [5.74, 6) is 1.08. The standard InChI is InChI=1S/C7H12S/c8-7(3-4-7)5-6-1-2-6/h6,8H,1-5H2. The maximum atomic E-state index is 4.55. The molecule has 0 aromatic rings. The summed E-state index contributed by atoms with van der Waals surface area (Å²) in [5.41, 5.74) is 0. The predicted octanol–water partition coefficient (Wildman–Crippen LogP) is 2.25. The largest absolute Gasteiger partial charge is 0.172 e. The first-order valence-electron chi connectivity index (χ1n) is 3.51. The molecule has 2 aliphatic rings. The molecular formula is C7H12S. The van der Waals surface area contributed by atoms with E-state index in [9.17, 15) is 0 Å². The third-order valence-electron chi connectivity index (χ3n) is 2.19. The maximum Gasteiger partial charge on any atom is 0.0133 e. The summed E-state index contributed by atoms with van der Waals surface area (Å²) in [6.07, 6.45) is 7.15. The number of hydrogen-bond acceptors (Lipinski definition) is 1. The molecule has 0 nitrogen and oxygen atoms in total. The number of thiol groups is 1. The summed E-state index contributed by atoms with van der Waals surface area (Å²) in [7, 11) is 0. The Morgan fingerprint density at radius 3 is 2.38 bits per heavy atom. The van der Waals surface area contributed by atoms with E-state index in [-0.39, 0.29) is 0 Å². The summed E-state index contributed by atoms with van der Waals surface area (Å²) >= 11 is 4.55. The third kappa shape index (κ3) is 1.02. The predicted molar refractivity (Wildman–Crippen MR) is 38.3 cm³/mol. The van der Waals surface area contributed by atoms with Gasteiger partial charge in [-0.05, 0) is 25.2 Å². The lowest BCUT2D eigenvalue weighted by Crippen LogP contribution is -1.97. The zero-order chi connectivity index (χ0) is 5.61. The van der Waals surface area contributed by atoms with Gasteiger partial charge in [0.1, 0.15) is 0 Å². The molecule has 0 bridgehead atoms. The Hall–Kier alpha value is 0.350. The van der Waals surface area contributed by atoms with Crippen LogP contribution in [0.3, 0.4) is 0 Å². The van der Waals surface area contributed by atoms with Gasteiger partial charge in [0, 0.05) is 4.75 Å². The smallest absolute Gasteiger partial charge is 0.0133 e. The van der Waals surface area contributed by atoms with Crippen molar-refractivity contribution in [2.24, 2.45) is 5.92 Å². The van der Waals surface area contributed by atoms with Crippen LogP contribution in [0.2, 0.25) is 0 Å². The second kappa shape index (κ2) is 1.44. The lowest BCUT2D eigenvalue weighted by molar-refractivity contribution is 0.691. The van der Waals surface area contributed by atoms with E-state index in [1.54, 1.807) is 0 Å². The Morgan fingerprint density at radius 1 is 1.38 bits per heavy atom. The van der Waals surface area contributed by atoms with Gasteiger partial charge in [-0.15, -0.1) is 0 Å². The molecule has 0 spiro atoms. The van der Waals surface area contributed by atoms with Crippen LogP contribution in [0.4, 0.5) is 0 Å². The van der Waals surface area contributed by atoms with E-state index in [0.717, 1.165) is 5.92 Å². The SMILES string of the molecule is SC1(CC2CC2)CC1. The van der Waals surface area contributed by atoms with Crippen LogP contribution in [-0.4, -0.2) is 4.75 Å². The van der Waals surface area contributed by atoms with E-state index in [0.29, 0.717) is 4.75 Å². The summed E-state index contributed by atoms with van der Waals surface area (Å²) in [4.78, 5) is 0. The molecule has 0 aromatic heterocycles. The second-order valence-corrected chi connectivity index (χ2v) is 4.32. The Labute approximate surface area is 56.1 Å². The normalized spacial score (nSPS) is 32.6. The maximum absolute atomic E-state index is 4.55. The molecule has 0 aliphatic heterocycles. The van der Waals surface area contributed by atoms with Crippen LogP contribution < -0.4 is 0 Å². The zero-order valence-electron chi connectivity index (χ0n) is 5.06. The highest BCUT2D eigenvalue weighted by Crippen LogP contribution is 2.51. The van der Waals surface area contributed by atoms with Gasteiger partial charge in [0.2, 0.25) is 0 Å². The van der Waals surface area contributed by atoms with Gasteiger partial charge in [0.05, 0.1) is 0 Å². The van der Waals surface area contributed by atoms with E-state index >= 15 is 0 Å². The summed E-state index contributed by atoms with van der Waals surface area (Å²) in [6, 6.07) is 0. The third-order valence-corrected chi connectivity index (χ3v) is 2.82. The van der Waals surface area contributed by atoms with Crippen molar-refractivity contribution in [2.45, 2.75) is 36.9 Å². The Balaban J connectivity index is 1.81. The highest BCUT2D eigenvalue weighted by molar-refractivity contribution is 7.82. The average Bonchev–Trinajstić information content (AvgIpc) is 2.49. The van der Waals surface area contributed by atoms with Gasteiger partial charge in [-0.2, -0.15) is 12.6 Å². The fourth-order valence-corrected chi connectivity index (χ4v) is 1.58. The quantitative estimate of drug-likeness (QED) is 0.542. The van der Waals surface area contributed by atoms with E-state index in [4.69, 9.17) is 0 Å². The number of hydrogen-bond donors (Lipinski definition) is 1. The van der Waals surface area contributed by atoms with Crippen molar-refractivity contribution in [2.75, 3.05) is 0 Å². The second-order valence-electron chi connectivity index (χ2n) is 3.37. The number of rotatable bonds is 2. The fraction of sp³-hybridized carbons (Fsp3) is 1.00. The average molecular weight is 128 g/mol. The molecule has 0 saturated heterocycles. The minimum absolute atomic E-state index is 0.529. The van der Waals surface area contributed by atoms with Crippen LogP contribution in [0.1, 0.15) is 32.1 Å². The van der Waals surface area contributed by atoms with E-state index in [2.05, 4.69) is 12.6 Å². The van der Waals surface area contributed by atoms with Crippen LogP contribution >= 0.6 is 12.6 Å². The molecule has 0 radical (unpaired) electrons. The molecule has 2 saturated carbocycles. The molecule has 2 aliphatic carbocycles. The van der Waals surface area contributed by atoms with Gasteiger partial charge in [0.25, 0.3) is 0 Å². The molecule has 46 valence electrons. The molecule has 0 N–H and O–H groups in total. The topological polar surface area (TPSA) is 0 Å². The highest BCUT2D eigenvalue weighted by Gasteiger charge is 2.42. The highest BCUT2D eigenvalue weighted by atomic mass is 32.1. The van der Waals surface area contributed by atoms with Gasteiger partial charge in [-0.25, -0.2) is 0 Å². The van der Waals surface area contributed by atoms with Gasteiger partial charge >= 0.3 is 0 Å². The Bertz CT molecular complexity index is 101. The Kier molecular flexibility index (Phi) is 0.928. The van der Waals surface area contributed by atoms with Crippen molar-refractivity contribution in [3.8, 4) is 0 Å². The van der Waals surface area contributed by atoms with Crippen molar-refractivity contribution >= 4 is 12.6 Å². The molecule has 0 aromatic carbocycles. The van der Waals surface area contributed by atoms with Crippen LogP contribution in [0, 0.1) is 5.92 Å².